The summed E-state index contributed by atoms with van der Waals surface area (Å²) in [5, 5.41) is 0. The third-order valence-corrected chi connectivity index (χ3v) is 2.98. The minimum absolute atomic E-state index is 0.359. The van der Waals surface area contributed by atoms with Crippen molar-refractivity contribution in [2.75, 3.05) is 13.2 Å². The Morgan fingerprint density at radius 1 is 0.800 bits per heavy atom. The smallest absolute Gasteiger partial charge is 0.417 e. The largest absolute Gasteiger partial charge is 0.493 e. The summed E-state index contributed by atoms with van der Waals surface area (Å²) in [6.07, 6.45) is 1.59. The van der Waals surface area contributed by atoms with Gasteiger partial charge in [0.1, 0.15) is 5.75 Å². The van der Waals surface area contributed by atoms with E-state index in [4.69, 9.17) is 4.74 Å². The van der Waals surface area contributed by atoms with Crippen LogP contribution >= 0.6 is 0 Å². The van der Waals surface area contributed by atoms with Gasteiger partial charge in [0.25, 0.3) is 0 Å². The van der Waals surface area contributed by atoms with Crippen LogP contribution in [0.5, 0.6) is 5.75 Å². The van der Waals surface area contributed by atoms with Gasteiger partial charge >= 0.3 is 6.47 Å². The summed E-state index contributed by atoms with van der Waals surface area (Å²) in [5.74, 6) is 0.854. The molecule has 0 aliphatic carbocycles. The van der Waals surface area contributed by atoms with Crippen LogP contribution in [0.3, 0.4) is 0 Å². The third-order valence-electron chi connectivity index (χ3n) is 2.98. The second-order valence-corrected chi connectivity index (χ2v) is 4.41. The summed E-state index contributed by atoms with van der Waals surface area (Å²) in [4.78, 5) is 9.92. The van der Waals surface area contributed by atoms with Gasteiger partial charge in [0.2, 0.25) is 0 Å². The molecule has 2 aromatic rings. The van der Waals surface area contributed by atoms with Gasteiger partial charge in [-0.05, 0) is 23.3 Å². The summed E-state index contributed by atoms with van der Waals surface area (Å²) in [5.41, 5.74) is 2.38. The highest BCUT2D eigenvalue weighted by Crippen LogP contribution is 2.13. The lowest BCUT2D eigenvalue weighted by Crippen LogP contribution is -2.01. The van der Waals surface area contributed by atoms with Crippen LogP contribution in [0.15, 0.2) is 54.6 Å². The Kier molecular flexibility index (Phi) is 5.65. The first-order valence-corrected chi connectivity index (χ1v) is 6.63. The summed E-state index contributed by atoms with van der Waals surface area (Å²) in [6.45, 7) is 2.44. The zero-order chi connectivity index (χ0) is 14.0. The average Bonchev–Trinajstić information content (AvgIpc) is 2.50. The number of ether oxygens (including phenoxy) is 2. The van der Waals surface area contributed by atoms with Crippen molar-refractivity contribution in [3.05, 3.63) is 65.7 Å². The molecule has 0 saturated heterocycles. The maximum Gasteiger partial charge on any atom is 0.417 e. The molecule has 0 N–H and O–H groups in total. The Morgan fingerprint density at radius 3 is 2.15 bits per heavy atom. The van der Waals surface area contributed by atoms with Crippen molar-refractivity contribution in [2.45, 2.75) is 12.8 Å². The quantitative estimate of drug-likeness (QED) is 0.691. The fraction of sp³-hybridized carbons (Fsp3) is 0.235. The number of benzene rings is 2. The van der Waals surface area contributed by atoms with E-state index in [1.807, 2.05) is 42.5 Å². The van der Waals surface area contributed by atoms with Gasteiger partial charge in [0.05, 0.1) is 13.2 Å². The van der Waals surface area contributed by atoms with Crippen LogP contribution < -0.4 is 4.74 Å². The molecule has 0 amide bonds. The van der Waals surface area contributed by atoms with E-state index in [1.165, 1.54) is 12.0 Å². The fourth-order valence-corrected chi connectivity index (χ4v) is 1.89. The highest BCUT2D eigenvalue weighted by molar-refractivity contribution is 5.38. The molecule has 0 saturated carbocycles. The molecule has 0 fully saturated rings. The Labute approximate surface area is 119 Å². The fourth-order valence-electron chi connectivity index (χ4n) is 1.89. The van der Waals surface area contributed by atoms with Crippen LogP contribution in [-0.2, 0) is 22.4 Å². The maximum absolute atomic E-state index is 9.92. The number of carbonyl (C=O) groups excluding carboxylic acids is 1. The van der Waals surface area contributed by atoms with Gasteiger partial charge in [0.15, 0.2) is 0 Å². The second kappa shape index (κ2) is 8.00. The molecule has 0 spiro atoms. The van der Waals surface area contributed by atoms with E-state index in [0.29, 0.717) is 19.6 Å². The predicted octanol–water partition coefficient (Wildman–Crippen LogP) is 2.93. The first-order valence-electron chi connectivity index (χ1n) is 6.63. The maximum atomic E-state index is 9.92. The SMILES string of the molecule is O=[C]OCCc1ccc(OCCc2ccccc2)cc1. The Balaban J connectivity index is 1.74. The van der Waals surface area contributed by atoms with Gasteiger partial charge in [-0.2, -0.15) is 0 Å². The van der Waals surface area contributed by atoms with Crippen molar-refractivity contribution in [1.82, 2.24) is 0 Å². The van der Waals surface area contributed by atoms with E-state index < -0.39 is 0 Å². The van der Waals surface area contributed by atoms with Gasteiger partial charge in [0, 0.05) is 12.8 Å². The van der Waals surface area contributed by atoms with Gasteiger partial charge in [-0.25, -0.2) is 4.79 Å². The molecule has 2 rings (SSSR count). The van der Waals surface area contributed by atoms with Crippen molar-refractivity contribution in [2.24, 2.45) is 0 Å². The van der Waals surface area contributed by atoms with Crippen molar-refractivity contribution in [3.63, 3.8) is 0 Å². The van der Waals surface area contributed by atoms with Crippen LogP contribution in [0.1, 0.15) is 11.1 Å². The minimum Gasteiger partial charge on any atom is -0.493 e. The monoisotopic (exact) mass is 269 g/mol. The molecule has 0 heterocycles. The van der Waals surface area contributed by atoms with E-state index in [0.717, 1.165) is 17.7 Å². The molecular formula is C17H17O3. The van der Waals surface area contributed by atoms with Crippen LogP contribution in [-0.4, -0.2) is 19.7 Å². The third kappa shape index (κ3) is 4.76. The molecule has 103 valence electrons. The Bertz CT molecular complexity index is 506. The lowest BCUT2D eigenvalue weighted by atomic mass is 10.1. The molecular weight excluding hydrogens is 252 g/mol. The molecule has 2 aromatic carbocycles. The molecule has 1 radical (unpaired) electrons. The summed E-state index contributed by atoms with van der Waals surface area (Å²) < 4.78 is 10.2. The molecule has 20 heavy (non-hydrogen) atoms. The van der Waals surface area contributed by atoms with Crippen molar-refractivity contribution in [1.29, 1.82) is 0 Å². The zero-order valence-electron chi connectivity index (χ0n) is 11.2. The number of hydrogen-bond donors (Lipinski definition) is 0. The van der Waals surface area contributed by atoms with E-state index in [9.17, 15) is 4.79 Å². The molecule has 3 nitrogen and oxygen atoms in total. The second-order valence-electron chi connectivity index (χ2n) is 4.41. The summed E-state index contributed by atoms with van der Waals surface area (Å²) in [7, 11) is 0. The summed E-state index contributed by atoms with van der Waals surface area (Å²) in [6, 6.07) is 18.1. The summed E-state index contributed by atoms with van der Waals surface area (Å²) >= 11 is 0. The lowest BCUT2D eigenvalue weighted by molar-refractivity contribution is 0.281. The van der Waals surface area contributed by atoms with Crippen LogP contribution in [0.4, 0.5) is 0 Å². The standard InChI is InChI=1S/C17H17O3/c18-14-19-12-10-16-6-8-17(9-7-16)20-13-11-15-4-2-1-3-5-15/h1-9H,10-13H2. The van der Waals surface area contributed by atoms with Crippen LogP contribution in [0.25, 0.3) is 0 Å². The first-order chi connectivity index (χ1) is 9.88. The molecule has 0 aliphatic heterocycles. The van der Waals surface area contributed by atoms with Gasteiger partial charge < -0.3 is 9.47 Å². The van der Waals surface area contributed by atoms with E-state index in [-0.39, 0.29) is 0 Å². The first kappa shape index (κ1) is 14.1. The van der Waals surface area contributed by atoms with Gasteiger partial charge in [-0.15, -0.1) is 0 Å². The molecule has 0 unspecified atom stereocenters. The molecule has 0 bridgehead atoms. The minimum atomic E-state index is 0.359. The van der Waals surface area contributed by atoms with Gasteiger partial charge in [-0.3, -0.25) is 0 Å². The van der Waals surface area contributed by atoms with E-state index in [2.05, 4.69) is 16.9 Å². The Hall–Kier alpha value is -2.29. The average molecular weight is 269 g/mol. The zero-order valence-corrected chi connectivity index (χ0v) is 11.2. The van der Waals surface area contributed by atoms with Gasteiger partial charge in [-0.1, -0.05) is 42.5 Å². The highest BCUT2D eigenvalue weighted by Gasteiger charge is 1.97. The van der Waals surface area contributed by atoms with Crippen LogP contribution in [0, 0.1) is 0 Å². The van der Waals surface area contributed by atoms with Crippen LogP contribution in [0.2, 0.25) is 0 Å². The highest BCUT2D eigenvalue weighted by atomic mass is 16.5. The lowest BCUT2D eigenvalue weighted by Gasteiger charge is -2.07. The predicted molar refractivity (Wildman–Crippen MR) is 77.4 cm³/mol. The van der Waals surface area contributed by atoms with Crippen molar-refractivity contribution >= 4 is 6.47 Å². The van der Waals surface area contributed by atoms with E-state index >= 15 is 0 Å². The molecule has 0 aliphatic rings. The van der Waals surface area contributed by atoms with Crippen molar-refractivity contribution < 1.29 is 14.3 Å². The van der Waals surface area contributed by atoms with Crippen molar-refractivity contribution in [3.8, 4) is 5.75 Å². The Morgan fingerprint density at radius 2 is 1.45 bits per heavy atom. The molecule has 0 atom stereocenters. The normalized spacial score (nSPS) is 10.0. The molecule has 0 aromatic heterocycles. The topological polar surface area (TPSA) is 35.5 Å². The molecule has 3 heteroatoms. The number of rotatable bonds is 8. The van der Waals surface area contributed by atoms with E-state index in [1.54, 1.807) is 0 Å². The number of hydrogen-bond acceptors (Lipinski definition) is 3.